The molecule has 0 radical (unpaired) electrons. The van der Waals surface area contributed by atoms with E-state index in [-0.39, 0.29) is 13.0 Å². The van der Waals surface area contributed by atoms with Crippen LogP contribution in [0.4, 0.5) is 0 Å². The highest BCUT2D eigenvalue weighted by Gasteiger charge is 2.28. The Hall–Kier alpha value is -1.71. The number of rotatable bonds is 6. The molecule has 9 nitrogen and oxygen atoms in total. The lowest BCUT2D eigenvalue weighted by Gasteiger charge is -2.27. The van der Waals surface area contributed by atoms with Crippen molar-refractivity contribution in [2.45, 2.75) is 13.0 Å². The van der Waals surface area contributed by atoms with Gasteiger partial charge < -0.3 is 15.3 Å². The molecule has 9 heteroatoms. The van der Waals surface area contributed by atoms with Crippen molar-refractivity contribution in [3.8, 4) is 0 Å². The Balaban J connectivity index is 2.97. The molecule has 0 saturated heterocycles. The molecule has 1 rings (SSSR count). The lowest BCUT2D eigenvalue weighted by atomic mass is 9.87. The number of hydrogen-bond donors (Lipinski definition) is 5. The molecule has 0 aromatic carbocycles. The standard InChI is InChI=1S/C9H15N3O6/c13-3-9(4-14,5-15)1-2-12-7(17)10-6(16)11-8(12)18/h13-15H,1-5H2,(H2,10,11,16,17,18). The van der Waals surface area contributed by atoms with E-state index in [9.17, 15) is 14.4 Å². The van der Waals surface area contributed by atoms with Crippen molar-refractivity contribution in [1.82, 2.24) is 14.5 Å². The molecule has 0 atom stereocenters. The van der Waals surface area contributed by atoms with Gasteiger partial charge in [-0.15, -0.1) is 0 Å². The third-order valence-electron chi connectivity index (χ3n) is 2.80. The normalized spacial score (nSPS) is 11.7. The summed E-state index contributed by atoms with van der Waals surface area (Å²) in [5.41, 5.74) is -3.85. The second-order valence-electron chi connectivity index (χ2n) is 4.07. The number of aliphatic hydroxyl groups excluding tert-OH is 3. The van der Waals surface area contributed by atoms with E-state index < -0.39 is 42.3 Å². The third kappa shape index (κ3) is 2.94. The molecule has 0 aliphatic heterocycles. The van der Waals surface area contributed by atoms with Crippen LogP contribution >= 0.6 is 0 Å². The molecule has 0 aliphatic carbocycles. The average Bonchev–Trinajstić information content (AvgIpc) is 2.33. The minimum atomic E-state index is -1.18. The molecule has 0 fully saturated rings. The summed E-state index contributed by atoms with van der Waals surface area (Å²) < 4.78 is 0.719. The first-order valence-electron chi connectivity index (χ1n) is 5.24. The SMILES string of the molecule is O=c1[nH]c(=O)n(CCC(CO)(CO)CO)c(=O)[nH]1. The zero-order chi connectivity index (χ0) is 13.8. The summed E-state index contributed by atoms with van der Waals surface area (Å²) >= 11 is 0. The van der Waals surface area contributed by atoms with Gasteiger partial charge in [-0.2, -0.15) is 0 Å². The Morgan fingerprint density at radius 3 is 1.78 bits per heavy atom. The van der Waals surface area contributed by atoms with Crippen molar-refractivity contribution in [3.63, 3.8) is 0 Å². The highest BCUT2D eigenvalue weighted by Crippen LogP contribution is 2.19. The van der Waals surface area contributed by atoms with Gasteiger partial charge in [0.25, 0.3) is 0 Å². The number of aromatic nitrogens is 3. The molecule has 0 amide bonds. The van der Waals surface area contributed by atoms with Crippen molar-refractivity contribution in [3.05, 3.63) is 31.5 Å². The zero-order valence-corrected chi connectivity index (χ0v) is 9.55. The van der Waals surface area contributed by atoms with E-state index in [2.05, 4.69) is 0 Å². The van der Waals surface area contributed by atoms with Crippen LogP contribution in [0.3, 0.4) is 0 Å². The van der Waals surface area contributed by atoms with Crippen LogP contribution in [-0.2, 0) is 6.54 Å². The number of aromatic amines is 2. The van der Waals surface area contributed by atoms with Crippen LogP contribution in [0.2, 0.25) is 0 Å². The van der Waals surface area contributed by atoms with E-state index in [0.717, 1.165) is 4.57 Å². The van der Waals surface area contributed by atoms with Crippen LogP contribution in [-0.4, -0.2) is 49.7 Å². The first-order chi connectivity index (χ1) is 8.48. The summed E-state index contributed by atoms with van der Waals surface area (Å²) in [5.74, 6) is 0. The lowest BCUT2D eigenvalue weighted by molar-refractivity contribution is -0.00391. The summed E-state index contributed by atoms with van der Waals surface area (Å²) in [5, 5.41) is 27.3. The first-order valence-corrected chi connectivity index (χ1v) is 5.24. The largest absolute Gasteiger partial charge is 0.396 e. The van der Waals surface area contributed by atoms with Crippen molar-refractivity contribution < 1.29 is 15.3 Å². The molecule has 102 valence electrons. The molecule has 18 heavy (non-hydrogen) atoms. The summed E-state index contributed by atoms with van der Waals surface area (Å²) in [6.07, 6.45) is 0.00549. The predicted molar refractivity (Wildman–Crippen MR) is 60.3 cm³/mol. The van der Waals surface area contributed by atoms with E-state index in [4.69, 9.17) is 15.3 Å². The maximum atomic E-state index is 11.3. The summed E-state index contributed by atoms with van der Waals surface area (Å²) in [6, 6.07) is 0. The minimum Gasteiger partial charge on any atom is -0.396 e. The van der Waals surface area contributed by atoms with Gasteiger partial charge in [-0.25, -0.2) is 19.0 Å². The lowest BCUT2D eigenvalue weighted by Crippen LogP contribution is -2.45. The number of nitrogens with one attached hydrogen (secondary N) is 2. The van der Waals surface area contributed by atoms with Gasteiger partial charge in [0, 0.05) is 12.0 Å². The number of H-pyrrole nitrogens is 2. The number of hydrogen-bond acceptors (Lipinski definition) is 6. The summed E-state index contributed by atoms with van der Waals surface area (Å²) in [6.45, 7) is -1.62. The monoisotopic (exact) mass is 261 g/mol. The van der Waals surface area contributed by atoms with E-state index in [1.807, 2.05) is 9.97 Å². The van der Waals surface area contributed by atoms with Crippen LogP contribution in [0.15, 0.2) is 14.4 Å². The minimum absolute atomic E-state index is 0.00549. The Kier molecular flexibility index (Phi) is 4.59. The molecule has 1 aromatic heterocycles. The average molecular weight is 261 g/mol. The van der Waals surface area contributed by atoms with E-state index in [0.29, 0.717) is 0 Å². The van der Waals surface area contributed by atoms with Gasteiger partial charge >= 0.3 is 17.1 Å². The number of aliphatic hydroxyl groups is 3. The second-order valence-corrected chi connectivity index (χ2v) is 4.07. The topological polar surface area (TPSA) is 148 Å². The maximum absolute atomic E-state index is 11.3. The summed E-state index contributed by atoms with van der Waals surface area (Å²) in [7, 11) is 0. The fourth-order valence-corrected chi connectivity index (χ4v) is 1.39. The molecule has 5 N–H and O–H groups in total. The van der Waals surface area contributed by atoms with E-state index in [1.165, 1.54) is 0 Å². The molecular weight excluding hydrogens is 246 g/mol. The second kappa shape index (κ2) is 5.76. The Labute approximate surface area is 100 Å². The molecule has 0 aliphatic rings. The molecule has 1 heterocycles. The fraction of sp³-hybridized carbons (Fsp3) is 0.667. The van der Waals surface area contributed by atoms with Gasteiger partial charge in [-0.1, -0.05) is 0 Å². The van der Waals surface area contributed by atoms with Gasteiger partial charge in [0.2, 0.25) is 0 Å². The van der Waals surface area contributed by atoms with Crippen LogP contribution in [0.25, 0.3) is 0 Å². The van der Waals surface area contributed by atoms with Gasteiger partial charge in [0.05, 0.1) is 19.8 Å². The van der Waals surface area contributed by atoms with Gasteiger partial charge in [-0.05, 0) is 6.42 Å². The molecule has 0 unspecified atom stereocenters. The summed E-state index contributed by atoms with van der Waals surface area (Å²) in [4.78, 5) is 37.2. The predicted octanol–water partition coefficient (Wildman–Crippen LogP) is -3.42. The van der Waals surface area contributed by atoms with Crippen molar-refractivity contribution in [2.75, 3.05) is 19.8 Å². The van der Waals surface area contributed by atoms with E-state index >= 15 is 0 Å². The Bertz CT molecular complexity index is 510. The highest BCUT2D eigenvalue weighted by molar-refractivity contribution is 4.78. The maximum Gasteiger partial charge on any atom is 0.333 e. The van der Waals surface area contributed by atoms with Crippen LogP contribution in [0, 0.1) is 5.41 Å². The zero-order valence-electron chi connectivity index (χ0n) is 9.55. The van der Waals surface area contributed by atoms with Gasteiger partial charge in [0.1, 0.15) is 0 Å². The van der Waals surface area contributed by atoms with Crippen molar-refractivity contribution in [1.29, 1.82) is 0 Å². The quantitative estimate of drug-likeness (QED) is 0.360. The Morgan fingerprint density at radius 2 is 1.39 bits per heavy atom. The van der Waals surface area contributed by atoms with Crippen LogP contribution in [0.1, 0.15) is 6.42 Å². The molecular formula is C9H15N3O6. The molecule has 0 saturated carbocycles. The van der Waals surface area contributed by atoms with Crippen LogP contribution in [0.5, 0.6) is 0 Å². The smallest absolute Gasteiger partial charge is 0.333 e. The first kappa shape index (κ1) is 14.4. The van der Waals surface area contributed by atoms with Crippen LogP contribution < -0.4 is 17.1 Å². The molecule has 0 bridgehead atoms. The highest BCUT2D eigenvalue weighted by atomic mass is 16.3. The molecule has 0 spiro atoms. The molecule has 1 aromatic rings. The van der Waals surface area contributed by atoms with Gasteiger partial charge in [-0.3, -0.25) is 9.97 Å². The number of nitrogens with zero attached hydrogens (tertiary/aromatic N) is 1. The van der Waals surface area contributed by atoms with Crippen molar-refractivity contribution in [2.24, 2.45) is 5.41 Å². The van der Waals surface area contributed by atoms with E-state index in [1.54, 1.807) is 0 Å². The van der Waals surface area contributed by atoms with Crippen molar-refractivity contribution >= 4 is 0 Å². The van der Waals surface area contributed by atoms with Gasteiger partial charge in [0.15, 0.2) is 0 Å². The third-order valence-corrected chi connectivity index (χ3v) is 2.80. The fourth-order valence-electron chi connectivity index (χ4n) is 1.39. The Morgan fingerprint density at radius 1 is 0.944 bits per heavy atom.